The molecule has 0 spiro atoms. The van der Waals surface area contributed by atoms with Crippen LogP contribution in [0, 0.1) is 0 Å². The normalized spacial score (nSPS) is 11.0. The number of nitrogens with one attached hydrogen (secondary N) is 2. The molecule has 0 atom stereocenters. The molecular weight excluding hydrogens is 403 g/mol. The van der Waals surface area contributed by atoms with E-state index in [4.69, 9.17) is 4.74 Å². The van der Waals surface area contributed by atoms with E-state index in [-0.39, 0.29) is 24.0 Å². The third-order valence-electron chi connectivity index (χ3n) is 3.25. The van der Waals surface area contributed by atoms with Crippen LogP contribution >= 0.6 is 24.0 Å². The minimum atomic E-state index is 0. The van der Waals surface area contributed by atoms with Gasteiger partial charge in [-0.25, -0.2) is 0 Å². The van der Waals surface area contributed by atoms with Gasteiger partial charge in [0.15, 0.2) is 5.96 Å². The number of ether oxygens (including phenoxy) is 1. The first kappa shape index (κ1) is 22.0. The van der Waals surface area contributed by atoms with Gasteiger partial charge in [0.05, 0.1) is 6.61 Å². The highest BCUT2D eigenvalue weighted by Crippen LogP contribution is 2.08. The maximum Gasteiger partial charge on any atom is 0.191 e. The minimum absolute atomic E-state index is 0. The molecule has 0 radical (unpaired) electrons. The number of para-hydroxylation sites is 1. The number of nitrogens with zero attached hydrogens (tertiary/aromatic N) is 2. The molecule has 0 amide bonds. The van der Waals surface area contributed by atoms with Crippen LogP contribution in [0.2, 0.25) is 0 Å². The maximum atomic E-state index is 5.66. The van der Waals surface area contributed by atoms with Gasteiger partial charge in [-0.1, -0.05) is 25.1 Å². The van der Waals surface area contributed by atoms with Crippen molar-refractivity contribution >= 4 is 29.9 Å². The number of likely N-dealkylation sites (N-methyl/N-ethyl adjacent to an activating group) is 1. The van der Waals surface area contributed by atoms with Gasteiger partial charge in [0.25, 0.3) is 0 Å². The summed E-state index contributed by atoms with van der Waals surface area (Å²) < 4.78 is 5.66. The third kappa shape index (κ3) is 11.2. The van der Waals surface area contributed by atoms with Crippen molar-refractivity contribution < 1.29 is 4.74 Å². The molecule has 0 aliphatic rings. The van der Waals surface area contributed by atoms with Gasteiger partial charge in [-0.15, -0.1) is 24.0 Å². The summed E-state index contributed by atoms with van der Waals surface area (Å²) in [4.78, 5) is 6.83. The Kier molecular flexibility index (Phi) is 13.9. The quantitative estimate of drug-likeness (QED) is 0.257. The van der Waals surface area contributed by atoms with Crippen molar-refractivity contribution in [1.82, 2.24) is 15.5 Å². The molecule has 5 nitrogen and oxygen atoms in total. The highest BCUT2D eigenvalue weighted by Gasteiger charge is 1.98. The summed E-state index contributed by atoms with van der Waals surface area (Å²) in [5.74, 6) is 1.80. The Bertz CT molecular complexity index is 414. The summed E-state index contributed by atoms with van der Waals surface area (Å²) in [5.41, 5.74) is 0. The molecule has 1 rings (SSSR count). The van der Waals surface area contributed by atoms with E-state index in [1.54, 1.807) is 0 Å². The molecular formula is C17H31IN4O. The lowest BCUT2D eigenvalue weighted by Gasteiger charge is -2.16. The van der Waals surface area contributed by atoms with Gasteiger partial charge in [-0.3, -0.25) is 4.99 Å². The summed E-state index contributed by atoms with van der Waals surface area (Å²) in [6, 6.07) is 9.89. The average molecular weight is 434 g/mol. The van der Waals surface area contributed by atoms with E-state index in [1.807, 2.05) is 30.3 Å². The Hall–Kier alpha value is -1.02. The van der Waals surface area contributed by atoms with E-state index >= 15 is 0 Å². The Morgan fingerprint density at radius 1 is 1.17 bits per heavy atom. The van der Waals surface area contributed by atoms with Crippen molar-refractivity contribution in [3.05, 3.63) is 30.3 Å². The van der Waals surface area contributed by atoms with Crippen LogP contribution in [-0.4, -0.2) is 57.2 Å². The second-order valence-electron chi connectivity index (χ2n) is 5.10. The number of rotatable bonds is 10. The predicted molar refractivity (Wildman–Crippen MR) is 109 cm³/mol. The first-order chi connectivity index (χ1) is 10.8. The molecule has 0 saturated carbocycles. The molecule has 2 N–H and O–H groups in total. The number of hydrogen-bond acceptors (Lipinski definition) is 3. The van der Waals surface area contributed by atoms with Gasteiger partial charge >= 0.3 is 0 Å². The van der Waals surface area contributed by atoms with E-state index in [0.29, 0.717) is 6.61 Å². The highest BCUT2D eigenvalue weighted by atomic mass is 127. The largest absolute Gasteiger partial charge is 0.494 e. The van der Waals surface area contributed by atoms with Crippen LogP contribution in [0.4, 0.5) is 0 Å². The zero-order valence-electron chi connectivity index (χ0n) is 14.5. The Morgan fingerprint density at radius 3 is 2.57 bits per heavy atom. The fourth-order valence-corrected chi connectivity index (χ4v) is 1.83. The second kappa shape index (κ2) is 14.6. The van der Waals surface area contributed by atoms with Crippen LogP contribution in [0.15, 0.2) is 35.3 Å². The molecule has 0 aliphatic heterocycles. The number of hydrogen-bond donors (Lipinski definition) is 2. The molecule has 0 saturated heterocycles. The van der Waals surface area contributed by atoms with Gasteiger partial charge in [-0.2, -0.15) is 0 Å². The molecule has 0 heterocycles. The summed E-state index contributed by atoms with van der Waals surface area (Å²) in [6.45, 7) is 9.52. The Labute approximate surface area is 157 Å². The van der Waals surface area contributed by atoms with Crippen LogP contribution in [-0.2, 0) is 0 Å². The first-order valence-electron chi connectivity index (χ1n) is 8.14. The monoisotopic (exact) mass is 434 g/mol. The van der Waals surface area contributed by atoms with Gasteiger partial charge in [0.1, 0.15) is 5.75 Å². The van der Waals surface area contributed by atoms with E-state index in [0.717, 1.165) is 50.9 Å². The van der Waals surface area contributed by atoms with Gasteiger partial charge in [-0.05, 0) is 32.6 Å². The molecule has 0 aliphatic carbocycles. The predicted octanol–water partition coefficient (Wildman–Crippen LogP) is 2.58. The highest BCUT2D eigenvalue weighted by molar-refractivity contribution is 14.0. The van der Waals surface area contributed by atoms with E-state index in [2.05, 4.69) is 41.4 Å². The van der Waals surface area contributed by atoms with Crippen LogP contribution in [0.3, 0.4) is 0 Å². The Morgan fingerprint density at radius 2 is 1.91 bits per heavy atom. The fraction of sp³-hybridized carbons (Fsp3) is 0.588. The molecule has 0 aromatic heterocycles. The van der Waals surface area contributed by atoms with Gasteiger partial charge < -0.3 is 20.3 Å². The molecule has 132 valence electrons. The molecule has 0 unspecified atom stereocenters. The second-order valence-corrected chi connectivity index (χ2v) is 5.10. The van der Waals surface area contributed by atoms with Crippen LogP contribution < -0.4 is 15.4 Å². The standard InChI is InChI=1S/C17H30N4O.HI/c1-4-18-17(20-13-14-21(3)5-2)19-12-9-15-22-16-10-7-6-8-11-16;/h6-8,10-11H,4-5,9,12-15H2,1-3H3,(H2,18,19,20);1H. The zero-order chi connectivity index (χ0) is 16.0. The fourth-order valence-electron chi connectivity index (χ4n) is 1.83. The summed E-state index contributed by atoms with van der Waals surface area (Å²) >= 11 is 0. The summed E-state index contributed by atoms with van der Waals surface area (Å²) in [5, 5.41) is 6.61. The molecule has 0 bridgehead atoms. The third-order valence-corrected chi connectivity index (χ3v) is 3.25. The molecule has 0 fully saturated rings. The van der Waals surface area contributed by atoms with Crippen LogP contribution in [0.5, 0.6) is 5.75 Å². The lowest BCUT2D eigenvalue weighted by molar-refractivity contribution is 0.313. The van der Waals surface area contributed by atoms with Crippen molar-refractivity contribution in [2.45, 2.75) is 20.3 Å². The van der Waals surface area contributed by atoms with Gasteiger partial charge in [0, 0.05) is 32.6 Å². The van der Waals surface area contributed by atoms with Crippen molar-refractivity contribution in [1.29, 1.82) is 0 Å². The van der Waals surface area contributed by atoms with E-state index in [9.17, 15) is 0 Å². The molecule has 23 heavy (non-hydrogen) atoms. The Balaban J connectivity index is 0.00000484. The summed E-state index contributed by atoms with van der Waals surface area (Å²) in [7, 11) is 2.12. The van der Waals surface area contributed by atoms with Crippen molar-refractivity contribution in [2.24, 2.45) is 4.99 Å². The topological polar surface area (TPSA) is 48.9 Å². The number of aliphatic imine (C=N–C) groups is 1. The van der Waals surface area contributed by atoms with Crippen LogP contribution in [0.25, 0.3) is 0 Å². The number of halogens is 1. The lowest BCUT2D eigenvalue weighted by atomic mass is 10.3. The minimum Gasteiger partial charge on any atom is -0.494 e. The molecule has 1 aromatic rings. The lowest BCUT2D eigenvalue weighted by Crippen LogP contribution is -2.41. The van der Waals surface area contributed by atoms with E-state index in [1.165, 1.54) is 0 Å². The molecule has 6 heteroatoms. The number of guanidine groups is 1. The smallest absolute Gasteiger partial charge is 0.191 e. The summed E-state index contributed by atoms with van der Waals surface area (Å²) in [6.07, 6.45) is 0.903. The van der Waals surface area contributed by atoms with E-state index < -0.39 is 0 Å². The first-order valence-corrected chi connectivity index (χ1v) is 8.14. The van der Waals surface area contributed by atoms with Gasteiger partial charge in [0.2, 0.25) is 0 Å². The zero-order valence-corrected chi connectivity index (χ0v) is 16.9. The number of benzene rings is 1. The van der Waals surface area contributed by atoms with Crippen LogP contribution in [0.1, 0.15) is 20.3 Å². The average Bonchev–Trinajstić information content (AvgIpc) is 2.55. The molecule has 1 aromatic carbocycles. The maximum absolute atomic E-state index is 5.66. The SMILES string of the molecule is CCNC(=NCCCOc1ccccc1)NCCN(C)CC.I. The van der Waals surface area contributed by atoms with Crippen molar-refractivity contribution in [3.63, 3.8) is 0 Å². The van der Waals surface area contributed by atoms with Crippen molar-refractivity contribution in [3.8, 4) is 5.75 Å². The van der Waals surface area contributed by atoms with Crippen molar-refractivity contribution in [2.75, 3.05) is 46.4 Å².